The van der Waals surface area contributed by atoms with E-state index in [1.807, 2.05) is 0 Å². The number of para-hydroxylation sites is 1. The number of amides is 1. The van der Waals surface area contributed by atoms with Crippen LogP contribution in [0.3, 0.4) is 0 Å². The molecule has 0 saturated heterocycles. The van der Waals surface area contributed by atoms with Gasteiger partial charge >= 0.3 is 6.18 Å². The van der Waals surface area contributed by atoms with Gasteiger partial charge < -0.3 is 15.2 Å². The molecule has 7 heteroatoms. The molecule has 0 aromatic heterocycles. The first-order chi connectivity index (χ1) is 9.75. The van der Waals surface area contributed by atoms with E-state index in [-0.39, 0.29) is 24.3 Å². The molecule has 2 atom stereocenters. The molecule has 1 aromatic rings. The minimum atomic E-state index is -4.54. The number of alkyl halides is 3. The van der Waals surface area contributed by atoms with Crippen LogP contribution in [0, 0.1) is 5.92 Å². The molecule has 0 heterocycles. The number of carbonyl (C=O) groups is 1. The van der Waals surface area contributed by atoms with Gasteiger partial charge in [-0.2, -0.15) is 13.2 Å². The van der Waals surface area contributed by atoms with E-state index in [9.17, 15) is 18.0 Å². The number of benzene rings is 1. The third kappa shape index (κ3) is 5.26. The lowest BCUT2D eigenvalue weighted by Gasteiger charge is -2.19. The monoisotopic (exact) mass is 305 g/mol. The number of rotatable bonds is 6. The van der Waals surface area contributed by atoms with E-state index in [4.69, 9.17) is 9.84 Å². The lowest BCUT2D eigenvalue weighted by molar-refractivity contribution is -0.139. The van der Waals surface area contributed by atoms with E-state index in [1.165, 1.54) is 12.1 Å². The first-order valence-corrected chi connectivity index (χ1v) is 6.45. The highest BCUT2D eigenvalue weighted by molar-refractivity contribution is 5.77. The number of aliphatic hydroxyl groups excluding tert-OH is 1. The minimum Gasteiger partial charge on any atom is -0.483 e. The molecule has 2 unspecified atom stereocenters. The van der Waals surface area contributed by atoms with Crippen molar-refractivity contribution in [3.05, 3.63) is 29.8 Å². The summed E-state index contributed by atoms with van der Waals surface area (Å²) in [6.07, 6.45) is -4.54. The van der Waals surface area contributed by atoms with Gasteiger partial charge in [0.05, 0.1) is 5.56 Å². The number of halogens is 3. The van der Waals surface area contributed by atoms with Crippen molar-refractivity contribution in [3.8, 4) is 5.75 Å². The van der Waals surface area contributed by atoms with Gasteiger partial charge in [-0.05, 0) is 25.0 Å². The molecule has 0 aliphatic heterocycles. The van der Waals surface area contributed by atoms with Crippen LogP contribution < -0.4 is 10.1 Å². The molecule has 0 spiro atoms. The molecule has 118 valence electrons. The van der Waals surface area contributed by atoms with Gasteiger partial charge in [0, 0.05) is 12.6 Å². The largest absolute Gasteiger partial charge is 0.483 e. The summed E-state index contributed by atoms with van der Waals surface area (Å²) in [5.41, 5.74) is -0.922. The van der Waals surface area contributed by atoms with E-state index < -0.39 is 24.3 Å². The summed E-state index contributed by atoms with van der Waals surface area (Å²) in [7, 11) is 0. The molecular weight excluding hydrogens is 287 g/mol. The van der Waals surface area contributed by atoms with E-state index in [1.54, 1.807) is 13.8 Å². The zero-order chi connectivity index (χ0) is 16.0. The average molecular weight is 305 g/mol. The molecule has 0 fully saturated rings. The quantitative estimate of drug-likeness (QED) is 0.847. The fourth-order valence-electron chi connectivity index (χ4n) is 1.57. The van der Waals surface area contributed by atoms with Crippen molar-refractivity contribution in [3.63, 3.8) is 0 Å². The molecule has 0 radical (unpaired) electrons. The van der Waals surface area contributed by atoms with Crippen LogP contribution in [-0.2, 0) is 11.0 Å². The van der Waals surface area contributed by atoms with E-state index in [0.717, 1.165) is 12.1 Å². The second-order valence-electron chi connectivity index (χ2n) is 4.80. The Kier molecular flexibility index (Phi) is 6.02. The second-order valence-corrected chi connectivity index (χ2v) is 4.80. The molecule has 0 aliphatic carbocycles. The summed E-state index contributed by atoms with van der Waals surface area (Å²) in [4.78, 5) is 11.6. The van der Waals surface area contributed by atoms with Crippen molar-refractivity contribution >= 4 is 5.91 Å². The molecular formula is C14H18F3NO3. The molecule has 1 aromatic carbocycles. The summed E-state index contributed by atoms with van der Waals surface area (Å²) >= 11 is 0. The van der Waals surface area contributed by atoms with Crippen LogP contribution in [0.1, 0.15) is 19.4 Å². The second kappa shape index (κ2) is 7.31. The fourth-order valence-corrected chi connectivity index (χ4v) is 1.57. The van der Waals surface area contributed by atoms with Gasteiger partial charge in [-0.3, -0.25) is 4.79 Å². The summed E-state index contributed by atoms with van der Waals surface area (Å²) in [5, 5.41) is 11.5. The van der Waals surface area contributed by atoms with Gasteiger partial charge in [-0.25, -0.2) is 0 Å². The molecule has 0 bridgehead atoms. The van der Waals surface area contributed by atoms with Crippen LogP contribution in [-0.4, -0.2) is 30.3 Å². The Hall–Kier alpha value is -1.76. The summed E-state index contributed by atoms with van der Waals surface area (Å²) in [6, 6.07) is 4.41. The first kappa shape index (κ1) is 17.3. The number of hydrogen-bond donors (Lipinski definition) is 2. The molecule has 2 N–H and O–H groups in total. The van der Waals surface area contributed by atoms with Crippen LogP contribution in [0.5, 0.6) is 5.75 Å². The normalized spacial score (nSPS) is 14.4. The van der Waals surface area contributed by atoms with E-state index in [0.29, 0.717) is 0 Å². The Bertz CT molecular complexity index is 477. The van der Waals surface area contributed by atoms with Crippen molar-refractivity contribution in [1.29, 1.82) is 0 Å². The van der Waals surface area contributed by atoms with Gasteiger partial charge in [0.15, 0.2) is 6.61 Å². The Morgan fingerprint density at radius 2 is 1.95 bits per heavy atom. The molecule has 0 aliphatic rings. The SMILES string of the molecule is CC(CO)C(C)NC(=O)COc1ccccc1C(F)(F)F. The summed E-state index contributed by atoms with van der Waals surface area (Å²) < 4.78 is 43.1. The number of ether oxygens (including phenoxy) is 1. The number of carbonyl (C=O) groups excluding carboxylic acids is 1. The molecule has 21 heavy (non-hydrogen) atoms. The zero-order valence-corrected chi connectivity index (χ0v) is 11.8. The highest BCUT2D eigenvalue weighted by atomic mass is 19.4. The maximum atomic E-state index is 12.7. The lowest BCUT2D eigenvalue weighted by atomic mass is 10.1. The zero-order valence-electron chi connectivity index (χ0n) is 11.8. The third-order valence-corrected chi connectivity index (χ3v) is 3.08. The third-order valence-electron chi connectivity index (χ3n) is 3.08. The van der Waals surface area contributed by atoms with Gasteiger partial charge in [0.2, 0.25) is 0 Å². The molecule has 1 amide bonds. The predicted molar refractivity (Wildman–Crippen MR) is 70.8 cm³/mol. The summed E-state index contributed by atoms with van der Waals surface area (Å²) in [6.45, 7) is 2.82. The molecule has 0 saturated carbocycles. The highest BCUT2D eigenvalue weighted by Gasteiger charge is 2.34. The Morgan fingerprint density at radius 1 is 1.33 bits per heavy atom. The average Bonchev–Trinajstić information content (AvgIpc) is 2.43. The lowest BCUT2D eigenvalue weighted by Crippen LogP contribution is -2.40. The van der Waals surface area contributed by atoms with Crippen LogP contribution in [0.2, 0.25) is 0 Å². The summed E-state index contributed by atoms with van der Waals surface area (Å²) in [5.74, 6) is -1.08. The van der Waals surface area contributed by atoms with Crippen molar-refractivity contribution in [2.45, 2.75) is 26.1 Å². The fraction of sp³-hybridized carbons (Fsp3) is 0.500. The Balaban J connectivity index is 2.62. The predicted octanol–water partition coefficient (Wildman–Crippen LogP) is 2.22. The Labute approximate surface area is 120 Å². The maximum Gasteiger partial charge on any atom is 0.419 e. The smallest absolute Gasteiger partial charge is 0.419 e. The van der Waals surface area contributed by atoms with Crippen molar-refractivity contribution in [1.82, 2.24) is 5.32 Å². The standard InChI is InChI=1S/C14H18F3NO3/c1-9(7-19)10(2)18-13(20)8-21-12-6-4-3-5-11(12)14(15,16)17/h3-6,9-10,19H,7-8H2,1-2H3,(H,18,20). The number of hydrogen-bond acceptors (Lipinski definition) is 3. The van der Waals surface area contributed by atoms with Gasteiger partial charge in [0.1, 0.15) is 5.75 Å². The Morgan fingerprint density at radius 3 is 2.52 bits per heavy atom. The van der Waals surface area contributed by atoms with Crippen LogP contribution >= 0.6 is 0 Å². The van der Waals surface area contributed by atoms with Crippen molar-refractivity contribution in [2.24, 2.45) is 5.92 Å². The van der Waals surface area contributed by atoms with Gasteiger partial charge in [0.25, 0.3) is 5.91 Å². The number of aliphatic hydroxyl groups is 1. The number of nitrogens with one attached hydrogen (secondary N) is 1. The van der Waals surface area contributed by atoms with Gasteiger partial charge in [-0.15, -0.1) is 0 Å². The van der Waals surface area contributed by atoms with Gasteiger partial charge in [-0.1, -0.05) is 19.1 Å². The van der Waals surface area contributed by atoms with E-state index >= 15 is 0 Å². The first-order valence-electron chi connectivity index (χ1n) is 6.45. The van der Waals surface area contributed by atoms with Crippen LogP contribution in [0.15, 0.2) is 24.3 Å². The van der Waals surface area contributed by atoms with Crippen LogP contribution in [0.25, 0.3) is 0 Å². The van der Waals surface area contributed by atoms with E-state index in [2.05, 4.69) is 5.32 Å². The maximum absolute atomic E-state index is 12.7. The highest BCUT2D eigenvalue weighted by Crippen LogP contribution is 2.35. The molecule has 1 rings (SSSR count). The minimum absolute atomic E-state index is 0.0980. The van der Waals surface area contributed by atoms with Crippen molar-refractivity contribution < 1.29 is 27.8 Å². The van der Waals surface area contributed by atoms with Crippen LogP contribution in [0.4, 0.5) is 13.2 Å². The van der Waals surface area contributed by atoms with Crippen molar-refractivity contribution in [2.75, 3.05) is 13.2 Å². The molecule has 4 nitrogen and oxygen atoms in total. The topological polar surface area (TPSA) is 58.6 Å².